The van der Waals surface area contributed by atoms with Gasteiger partial charge in [0.05, 0.1) is 24.7 Å². The normalized spacial score (nSPS) is 30.4. The van der Waals surface area contributed by atoms with Gasteiger partial charge in [0.15, 0.2) is 6.10 Å². The molecule has 2 rings (SSSR count). The highest BCUT2D eigenvalue weighted by Crippen LogP contribution is 2.36. The smallest absolute Gasteiger partial charge is 0.408 e. The number of rotatable bonds is 2. The number of hydrogen-bond acceptors (Lipinski definition) is 5. The van der Waals surface area contributed by atoms with Crippen LogP contribution in [0.25, 0.3) is 0 Å². The molecular weight excluding hydrogens is 238 g/mol. The van der Waals surface area contributed by atoms with Crippen molar-refractivity contribution in [2.24, 2.45) is 11.3 Å². The summed E-state index contributed by atoms with van der Waals surface area (Å²) in [7, 11) is 0. The lowest BCUT2D eigenvalue weighted by Crippen LogP contribution is -2.53. The van der Waals surface area contributed by atoms with Gasteiger partial charge in [0.2, 0.25) is 0 Å². The van der Waals surface area contributed by atoms with Crippen molar-refractivity contribution in [3.63, 3.8) is 0 Å². The van der Waals surface area contributed by atoms with Crippen LogP contribution in [0.3, 0.4) is 0 Å². The van der Waals surface area contributed by atoms with Gasteiger partial charge < -0.3 is 14.3 Å². The van der Waals surface area contributed by atoms with Gasteiger partial charge in [-0.3, -0.25) is 5.21 Å². The molecule has 1 fully saturated rings. The molecule has 0 amide bonds. The summed E-state index contributed by atoms with van der Waals surface area (Å²) in [5, 5.41) is 11.6. The van der Waals surface area contributed by atoms with Gasteiger partial charge in [0, 0.05) is 5.92 Å². The maximum atomic E-state index is 11.8. The van der Waals surface area contributed by atoms with E-state index in [-0.39, 0.29) is 35.2 Å². The average molecular weight is 257 g/mol. The number of fused-ring (bicyclic) bond motifs is 1. The van der Waals surface area contributed by atoms with Crippen molar-refractivity contribution < 1.29 is 24.0 Å². The summed E-state index contributed by atoms with van der Waals surface area (Å²) in [5.74, 6) is -0.625. The molecule has 0 aliphatic carbocycles. The summed E-state index contributed by atoms with van der Waals surface area (Å²) in [5.41, 5.74) is -0.0291. The van der Waals surface area contributed by atoms with Gasteiger partial charge >= 0.3 is 11.7 Å². The molecule has 2 atom stereocenters. The SMILES string of the molecule is CCOC(=O)C1=[N+]([O-])OC[C@H]2CC(C)(C)CO[C@H]12. The van der Waals surface area contributed by atoms with E-state index in [1.807, 2.05) is 0 Å². The third-order valence-corrected chi connectivity index (χ3v) is 3.25. The number of esters is 1. The van der Waals surface area contributed by atoms with Crippen LogP contribution >= 0.6 is 0 Å². The molecule has 6 heteroatoms. The quantitative estimate of drug-likeness (QED) is 0.542. The van der Waals surface area contributed by atoms with Crippen molar-refractivity contribution in [3.05, 3.63) is 5.21 Å². The highest BCUT2D eigenvalue weighted by atomic mass is 16.9. The Morgan fingerprint density at radius 3 is 3.00 bits per heavy atom. The molecule has 0 N–H and O–H groups in total. The molecule has 6 nitrogen and oxygen atoms in total. The zero-order valence-corrected chi connectivity index (χ0v) is 11.0. The largest absolute Gasteiger partial charge is 0.458 e. The predicted octanol–water partition coefficient (Wildman–Crippen LogP) is 0.877. The molecular formula is C12H19NO5. The Morgan fingerprint density at radius 1 is 1.61 bits per heavy atom. The molecule has 2 heterocycles. The second kappa shape index (κ2) is 4.76. The second-order valence-electron chi connectivity index (χ2n) is 5.52. The molecule has 0 saturated carbocycles. The fourth-order valence-electron chi connectivity index (χ4n) is 2.51. The van der Waals surface area contributed by atoms with Crippen LogP contribution in [0.2, 0.25) is 0 Å². The minimum Gasteiger partial charge on any atom is -0.458 e. The fraction of sp³-hybridized carbons (Fsp3) is 0.833. The maximum Gasteiger partial charge on any atom is 0.408 e. The van der Waals surface area contributed by atoms with Crippen molar-refractivity contribution in [2.45, 2.75) is 33.3 Å². The van der Waals surface area contributed by atoms with E-state index >= 15 is 0 Å². The Bertz CT molecular complexity index is 377. The van der Waals surface area contributed by atoms with Gasteiger partial charge in [-0.05, 0) is 18.8 Å². The standard InChI is InChI=1S/C12H19NO5/c1-4-16-11(14)9-10-8(6-18-13(9)15)5-12(2,3)7-17-10/h8,10H,4-7H2,1-3H3/t8-,10+/m1/s1. The monoisotopic (exact) mass is 257 g/mol. The molecule has 18 heavy (non-hydrogen) atoms. The molecule has 1 saturated heterocycles. The Balaban J connectivity index is 2.20. The van der Waals surface area contributed by atoms with Crippen LogP contribution in [-0.2, 0) is 19.1 Å². The molecule has 0 bridgehead atoms. The number of carbonyl (C=O) groups is 1. The lowest BCUT2D eigenvalue weighted by molar-refractivity contribution is -0.750. The summed E-state index contributed by atoms with van der Waals surface area (Å²) in [4.78, 5) is 17.0. The van der Waals surface area contributed by atoms with Crippen molar-refractivity contribution in [1.82, 2.24) is 0 Å². The third-order valence-electron chi connectivity index (χ3n) is 3.25. The molecule has 0 unspecified atom stereocenters. The molecule has 102 valence electrons. The second-order valence-corrected chi connectivity index (χ2v) is 5.52. The summed E-state index contributed by atoms with van der Waals surface area (Å²) in [6.07, 6.45) is 0.345. The van der Waals surface area contributed by atoms with E-state index in [0.717, 1.165) is 6.42 Å². The van der Waals surface area contributed by atoms with Gasteiger partial charge in [0.1, 0.15) is 0 Å². The summed E-state index contributed by atoms with van der Waals surface area (Å²) in [6, 6.07) is 0. The van der Waals surface area contributed by atoms with Gasteiger partial charge in [-0.15, -0.1) is 0 Å². The Morgan fingerprint density at radius 2 is 2.33 bits per heavy atom. The molecule has 2 aliphatic heterocycles. The molecule has 0 aromatic heterocycles. The third kappa shape index (κ3) is 2.43. The molecule has 2 aliphatic rings. The van der Waals surface area contributed by atoms with Crippen LogP contribution < -0.4 is 0 Å². The topological polar surface area (TPSA) is 70.8 Å². The van der Waals surface area contributed by atoms with Crippen LogP contribution in [0, 0.1) is 16.5 Å². The Hall–Kier alpha value is -1.30. The highest BCUT2D eigenvalue weighted by molar-refractivity contribution is 6.36. The minimum atomic E-state index is -0.651. The molecule has 0 spiro atoms. The van der Waals surface area contributed by atoms with Gasteiger partial charge in [0.25, 0.3) is 0 Å². The zero-order chi connectivity index (χ0) is 13.3. The maximum absolute atomic E-state index is 11.8. The number of hydrogen-bond donors (Lipinski definition) is 0. The number of ether oxygens (including phenoxy) is 2. The number of carbonyl (C=O) groups excluding carboxylic acids is 1. The summed E-state index contributed by atoms with van der Waals surface area (Å²) < 4.78 is 10.6. The van der Waals surface area contributed by atoms with E-state index in [4.69, 9.17) is 14.3 Å². The first kappa shape index (κ1) is 13.1. The first-order valence-electron chi connectivity index (χ1n) is 6.20. The van der Waals surface area contributed by atoms with Crippen LogP contribution in [0.15, 0.2) is 0 Å². The van der Waals surface area contributed by atoms with Crippen molar-refractivity contribution in [3.8, 4) is 0 Å². The molecule has 0 aromatic rings. The minimum absolute atomic E-state index is 0.0263. The lowest BCUT2D eigenvalue weighted by atomic mass is 9.77. The summed E-state index contributed by atoms with van der Waals surface area (Å²) in [6.45, 7) is 6.90. The zero-order valence-electron chi connectivity index (χ0n) is 11.0. The highest BCUT2D eigenvalue weighted by Gasteiger charge is 2.48. The first-order chi connectivity index (χ1) is 8.44. The number of nitrogens with zero attached hydrogens (tertiary/aromatic N) is 1. The lowest BCUT2D eigenvalue weighted by Gasteiger charge is -2.41. The predicted molar refractivity (Wildman–Crippen MR) is 62.8 cm³/mol. The van der Waals surface area contributed by atoms with Crippen LogP contribution in [0.1, 0.15) is 27.2 Å². The van der Waals surface area contributed by atoms with Crippen molar-refractivity contribution in [1.29, 1.82) is 0 Å². The fourth-order valence-corrected chi connectivity index (χ4v) is 2.51. The average Bonchev–Trinajstić information content (AvgIpc) is 2.28. The van der Waals surface area contributed by atoms with E-state index in [2.05, 4.69) is 13.8 Å². The van der Waals surface area contributed by atoms with Crippen molar-refractivity contribution >= 4 is 11.7 Å². The van der Waals surface area contributed by atoms with E-state index in [1.165, 1.54) is 0 Å². The first-order valence-corrected chi connectivity index (χ1v) is 6.20. The molecule has 0 radical (unpaired) electrons. The Kier molecular flexibility index (Phi) is 3.47. The van der Waals surface area contributed by atoms with E-state index in [1.54, 1.807) is 6.92 Å². The van der Waals surface area contributed by atoms with Crippen LogP contribution in [0.4, 0.5) is 0 Å². The van der Waals surface area contributed by atoms with Crippen LogP contribution in [0.5, 0.6) is 0 Å². The van der Waals surface area contributed by atoms with Crippen LogP contribution in [-0.4, -0.2) is 42.5 Å². The van der Waals surface area contributed by atoms with Gasteiger partial charge in [-0.1, -0.05) is 13.8 Å². The van der Waals surface area contributed by atoms with E-state index < -0.39 is 12.1 Å². The van der Waals surface area contributed by atoms with Gasteiger partial charge in [-0.25, -0.2) is 4.79 Å². The van der Waals surface area contributed by atoms with E-state index in [9.17, 15) is 10.0 Å². The molecule has 0 aromatic carbocycles. The summed E-state index contributed by atoms with van der Waals surface area (Å²) >= 11 is 0. The van der Waals surface area contributed by atoms with Gasteiger partial charge in [-0.2, -0.15) is 0 Å². The van der Waals surface area contributed by atoms with Crippen molar-refractivity contribution in [2.75, 3.05) is 19.8 Å². The van der Waals surface area contributed by atoms with E-state index in [0.29, 0.717) is 6.61 Å². The Labute approximate surface area is 106 Å².